The fourth-order valence-corrected chi connectivity index (χ4v) is 0.439. The van der Waals surface area contributed by atoms with E-state index in [9.17, 15) is 4.79 Å². The molecule has 0 atom stereocenters. The third kappa shape index (κ3) is 7.04. The second-order valence-electron chi connectivity index (χ2n) is 1.81. The van der Waals surface area contributed by atoms with E-state index in [-0.39, 0.29) is 6.61 Å². The number of nitrogens with two attached hydrogens (primary N) is 1. The molecule has 0 aromatic rings. The molecule has 0 spiro atoms. The summed E-state index contributed by atoms with van der Waals surface area (Å²) in [6.45, 7) is 3.00. The number of hydrazine groups is 2. The highest BCUT2D eigenvalue weighted by atomic mass is 16.7. The highest BCUT2D eigenvalue weighted by Crippen LogP contribution is 1.74. The molecule has 0 heterocycles. The van der Waals surface area contributed by atoms with Gasteiger partial charge >= 0.3 is 6.16 Å². The lowest BCUT2D eigenvalue weighted by Gasteiger charge is -2.14. The van der Waals surface area contributed by atoms with Gasteiger partial charge in [0.25, 0.3) is 0 Å². The summed E-state index contributed by atoms with van der Waals surface area (Å²) in [6.07, 6.45) is -1.27. The maximum atomic E-state index is 9.82. The first kappa shape index (κ1) is 10.2. The van der Waals surface area contributed by atoms with Gasteiger partial charge in [-0.25, -0.2) is 10.2 Å². The van der Waals surface area contributed by atoms with Crippen molar-refractivity contribution in [3.05, 3.63) is 0 Å². The van der Waals surface area contributed by atoms with Gasteiger partial charge in [-0.2, -0.15) is 5.12 Å². The van der Waals surface area contributed by atoms with Crippen molar-refractivity contribution < 1.29 is 14.6 Å². The summed E-state index contributed by atoms with van der Waals surface area (Å²) >= 11 is 0. The van der Waals surface area contributed by atoms with Crippen LogP contribution < -0.4 is 11.3 Å². The van der Waals surface area contributed by atoms with Crippen molar-refractivity contribution in [2.45, 2.75) is 6.92 Å². The maximum absolute atomic E-state index is 9.82. The number of carboxylic acid groups (broad SMARTS) is 1. The Morgan fingerprint density at radius 3 is 2.91 bits per heavy atom. The van der Waals surface area contributed by atoms with Crippen LogP contribution in [0.15, 0.2) is 0 Å². The van der Waals surface area contributed by atoms with Crippen LogP contribution in [0.2, 0.25) is 0 Å². The van der Waals surface area contributed by atoms with Gasteiger partial charge in [-0.15, -0.1) is 0 Å². The maximum Gasteiger partial charge on any atom is 0.505 e. The zero-order valence-corrected chi connectivity index (χ0v) is 6.41. The van der Waals surface area contributed by atoms with Crippen LogP contribution in [0.5, 0.6) is 0 Å². The van der Waals surface area contributed by atoms with Crippen LogP contribution in [0.4, 0.5) is 4.79 Å². The topological polar surface area (TPSA) is 87.8 Å². The van der Waals surface area contributed by atoms with Gasteiger partial charge in [-0.1, -0.05) is 0 Å². The Bertz CT molecular complexity index is 120. The lowest BCUT2D eigenvalue weighted by atomic mass is 10.7. The number of hydrogen-bond acceptors (Lipinski definition) is 5. The molecule has 0 aliphatic rings. The fraction of sp³-hybridized carbons (Fsp3) is 0.800. The number of hydrogen-bond donors (Lipinski definition) is 3. The smallest absolute Gasteiger partial charge is 0.450 e. The van der Waals surface area contributed by atoms with E-state index in [0.29, 0.717) is 13.1 Å². The van der Waals surface area contributed by atoms with Crippen LogP contribution in [0.3, 0.4) is 0 Å². The largest absolute Gasteiger partial charge is 0.505 e. The van der Waals surface area contributed by atoms with Gasteiger partial charge in [-0.05, 0) is 6.92 Å². The Kier molecular flexibility index (Phi) is 5.44. The molecule has 6 nitrogen and oxygen atoms in total. The van der Waals surface area contributed by atoms with Gasteiger partial charge in [0, 0.05) is 13.1 Å². The average Bonchev–Trinajstić information content (AvgIpc) is 1.97. The minimum atomic E-state index is -1.27. The van der Waals surface area contributed by atoms with Crippen LogP contribution in [-0.2, 0) is 4.74 Å². The third-order valence-corrected chi connectivity index (χ3v) is 0.983. The SMILES string of the molecule is CCN(N)NCCOC(=O)O. The molecule has 0 rings (SSSR count). The number of nitrogens with one attached hydrogen (secondary N) is 1. The number of carbonyl (C=O) groups is 1. The highest BCUT2D eigenvalue weighted by Gasteiger charge is 1.96. The van der Waals surface area contributed by atoms with Crippen molar-refractivity contribution in [3.63, 3.8) is 0 Å². The summed E-state index contributed by atoms with van der Waals surface area (Å²) in [5, 5.41) is 9.39. The molecule has 0 aromatic carbocycles. The van der Waals surface area contributed by atoms with Crippen LogP contribution in [-0.4, -0.2) is 36.1 Å². The third-order valence-electron chi connectivity index (χ3n) is 0.983. The number of nitrogens with zero attached hydrogens (tertiary/aromatic N) is 1. The normalized spacial score (nSPS) is 10.1. The average molecular weight is 163 g/mol. The minimum absolute atomic E-state index is 0.100. The second kappa shape index (κ2) is 5.90. The standard InChI is InChI=1S/C5H13N3O3/c1-2-8(6)7-3-4-11-5(9)10/h7H,2-4,6H2,1H3,(H,9,10). The van der Waals surface area contributed by atoms with Crippen LogP contribution >= 0.6 is 0 Å². The summed E-state index contributed by atoms with van der Waals surface area (Å²) in [6, 6.07) is 0. The van der Waals surface area contributed by atoms with E-state index in [1.165, 1.54) is 5.12 Å². The molecule has 6 heteroatoms. The van der Waals surface area contributed by atoms with Crippen molar-refractivity contribution in [3.8, 4) is 0 Å². The molecular formula is C5H13N3O3. The molecule has 0 amide bonds. The molecule has 4 N–H and O–H groups in total. The van der Waals surface area contributed by atoms with E-state index in [0.717, 1.165) is 0 Å². The lowest BCUT2D eigenvalue weighted by molar-refractivity contribution is 0.0832. The summed E-state index contributed by atoms with van der Waals surface area (Å²) in [5.41, 5.74) is 2.71. The van der Waals surface area contributed by atoms with Crippen LogP contribution in [0, 0.1) is 0 Å². The summed E-state index contributed by atoms with van der Waals surface area (Å²) < 4.78 is 4.21. The molecule has 0 fully saturated rings. The van der Waals surface area contributed by atoms with Crippen molar-refractivity contribution in [2.75, 3.05) is 19.7 Å². The second-order valence-corrected chi connectivity index (χ2v) is 1.81. The van der Waals surface area contributed by atoms with Gasteiger partial charge < -0.3 is 9.84 Å². The molecule has 0 unspecified atom stereocenters. The molecule has 0 radical (unpaired) electrons. The predicted molar refractivity (Wildman–Crippen MR) is 38.5 cm³/mol. The monoisotopic (exact) mass is 163 g/mol. The molecular weight excluding hydrogens is 150 g/mol. The molecule has 0 saturated heterocycles. The molecule has 0 aromatic heterocycles. The zero-order chi connectivity index (χ0) is 8.69. The van der Waals surface area contributed by atoms with E-state index in [4.69, 9.17) is 10.9 Å². The predicted octanol–water partition coefficient (Wildman–Crippen LogP) is -0.619. The first-order chi connectivity index (χ1) is 5.16. The zero-order valence-electron chi connectivity index (χ0n) is 6.41. The Morgan fingerprint density at radius 1 is 1.82 bits per heavy atom. The number of ether oxygens (including phenoxy) is 1. The van der Waals surface area contributed by atoms with Crippen LogP contribution in [0.25, 0.3) is 0 Å². The van der Waals surface area contributed by atoms with Gasteiger partial charge in [0.15, 0.2) is 0 Å². The Hall–Kier alpha value is -0.850. The van der Waals surface area contributed by atoms with Gasteiger partial charge in [-0.3, -0.25) is 5.84 Å². The minimum Gasteiger partial charge on any atom is -0.450 e. The Balaban J connectivity index is 3.08. The molecule has 11 heavy (non-hydrogen) atoms. The number of rotatable bonds is 5. The highest BCUT2D eigenvalue weighted by molar-refractivity contribution is 5.56. The van der Waals surface area contributed by atoms with Gasteiger partial charge in [0.2, 0.25) is 0 Å². The fourth-order valence-electron chi connectivity index (χ4n) is 0.439. The van der Waals surface area contributed by atoms with E-state index >= 15 is 0 Å². The van der Waals surface area contributed by atoms with E-state index in [1.807, 2.05) is 6.92 Å². The first-order valence-corrected chi connectivity index (χ1v) is 3.28. The molecule has 0 aliphatic heterocycles. The first-order valence-electron chi connectivity index (χ1n) is 3.28. The van der Waals surface area contributed by atoms with Crippen molar-refractivity contribution in [2.24, 2.45) is 5.84 Å². The summed E-state index contributed by atoms with van der Waals surface area (Å²) in [4.78, 5) is 9.82. The van der Waals surface area contributed by atoms with Gasteiger partial charge in [0.05, 0.1) is 0 Å². The molecule has 66 valence electrons. The van der Waals surface area contributed by atoms with Crippen LogP contribution in [0.1, 0.15) is 6.92 Å². The summed E-state index contributed by atoms with van der Waals surface area (Å²) in [7, 11) is 0. The van der Waals surface area contributed by atoms with Crippen molar-refractivity contribution in [1.29, 1.82) is 0 Å². The Morgan fingerprint density at radius 2 is 2.45 bits per heavy atom. The van der Waals surface area contributed by atoms with Gasteiger partial charge in [0.1, 0.15) is 6.61 Å². The quantitative estimate of drug-likeness (QED) is 0.217. The van der Waals surface area contributed by atoms with Crippen molar-refractivity contribution in [1.82, 2.24) is 10.5 Å². The van der Waals surface area contributed by atoms with E-state index in [2.05, 4.69) is 10.2 Å². The van der Waals surface area contributed by atoms with E-state index in [1.54, 1.807) is 0 Å². The van der Waals surface area contributed by atoms with E-state index < -0.39 is 6.16 Å². The lowest BCUT2D eigenvalue weighted by Crippen LogP contribution is -2.44. The molecule has 0 saturated carbocycles. The molecule has 0 bridgehead atoms. The Labute approximate surface area is 64.9 Å². The van der Waals surface area contributed by atoms with Crippen molar-refractivity contribution >= 4 is 6.16 Å². The molecule has 0 aliphatic carbocycles. The summed E-state index contributed by atoms with van der Waals surface area (Å²) in [5.74, 6) is 5.31.